The normalized spacial score (nSPS) is 11.2. The SMILES string of the molecule is Cc1cccc(NC(=O)CCN(c2c(F)cccc2F)S(C)(=O)=O)c1. The number of nitrogens with zero attached hydrogens (tertiary/aromatic N) is 1. The highest BCUT2D eigenvalue weighted by atomic mass is 32.2. The summed E-state index contributed by atoms with van der Waals surface area (Å²) in [5.74, 6) is -2.48. The number of sulfonamides is 1. The Labute approximate surface area is 145 Å². The number of aryl methyl sites for hydroxylation is 1. The van der Waals surface area contributed by atoms with E-state index in [2.05, 4.69) is 5.32 Å². The van der Waals surface area contributed by atoms with Gasteiger partial charge in [0.15, 0.2) is 11.6 Å². The number of halogens is 2. The monoisotopic (exact) mass is 368 g/mol. The van der Waals surface area contributed by atoms with Crippen molar-refractivity contribution < 1.29 is 22.0 Å². The quantitative estimate of drug-likeness (QED) is 0.852. The van der Waals surface area contributed by atoms with E-state index < -0.39 is 33.3 Å². The first kappa shape index (κ1) is 18.9. The molecule has 25 heavy (non-hydrogen) atoms. The van der Waals surface area contributed by atoms with Crippen LogP contribution in [-0.2, 0) is 14.8 Å². The molecule has 2 aromatic carbocycles. The Balaban J connectivity index is 2.15. The number of benzene rings is 2. The molecule has 0 heterocycles. The molecule has 2 rings (SSSR count). The maximum atomic E-state index is 13.9. The molecule has 0 bridgehead atoms. The maximum Gasteiger partial charge on any atom is 0.232 e. The number of nitrogens with one attached hydrogen (secondary N) is 1. The van der Waals surface area contributed by atoms with E-state index in [0.717, 1.165) is 30.0 Å². The fourth-order valence-corrected chi connectivity index (χ4v) is 3.25. The lowest BCUT2D eigenvalue weighted by atomic mass is 10.2. The lowest BCUT2D eigenvalue weighted by molar-refractivity contribution is -0.116. The summed E-state index contributed by atoms with van der Waals surface area (Å²) in [4.78, 5) is 12.0. The van der Waals surface area contributed by atoms with Gasteiger partial charge in [0.2, 0.25) is 15.9 Å². The smallest absolute Gasteiger partial charge is 0.232 e. The van der Waals surface area contributed by atoms with Gasteiger partial charge in [0.25, 0.3) is 0 Å². The summed E-state index contributed by atoms with van der Waals surface area (Å²) in [6.45, 7) is 1.48. The lowest BCUT2D eigenvalue weighted by Crippen LogP contribution is -2.34. The van der Waals surface area contributed by atoms with E-state index in [-0.39, 0.29) is 13.0 Å². The summed E-state index contributed by atoms with van der Waals surface area (Å²) in [6, 6.07) is 10.1. The van der Waals surface area contributed by atoms with Crippen LogP contribution in [0.25, 0.3) is 0 Å². The highest BCUT2D eigenvalue weighted by molar-refractivity contribution is 7.92. The van der Waals surface area contributed by atoms with Crippen molar-refractivity contribution in [1.29, 1.82) is 0 Å². The van der Waals surface area contributed by atoms with Crippen molar-refractivity contribution in [3.63, 3.8) is 0 Å². The molecule has 1 amide bonds. The van der Waals surface area contributed by atoms with Crippen LogP contribution in [-0.4, -0.2) is 27.1 Å². The Hall–Kier alpha value is -2.48. The predicted molar refractivity (Wildman–Crippen MR) is 93.0 cm³/mol. The molecule has 134 valence electrons. The number of para-hydroxylation sites is 1. The average molecular weight is 368 g/mol. The summed E-state index contributed by atoms with van der Waals surface area (Å²) in [5.41, 5.74) is 0.824. The fraction of sp³-hybridized carbons (Fsp3) is 0.235. The molecule has 0 aliphatic carbocycles. The molecule has 0 saturated heterocycles. The second-order valence-electron chi connectivity index (χ2n) is 5.57. The molecular weight excluding hydrogens is 350 g/mol. The van der Waals surface area contributed by atoms with Crippen LogP contribution in [0, 0.1) is 18.6 Å². The first-order valence-corrected chi connectivity index (χ1v) is 9.31. The minimum atomic E-state index is -3.96. The number of hydrogen-bond acceptors (Lipinski definition) is 3. The molecule has 8 heteroatoms. The molecule has 0 radical (unpaired) electrons. The molecule has 0 atom stereocenters. The van der Waals surface area contributed by atoms with Gasteiger partial charge in [-0.3, -0.25) is 9.10 Å². The number of carbonyl (C=O) groups is 1. The summed E-state index contributed by atoms with van der Waals surface area (Å²) < 4.78 is 52.2. The molecular formula is C17H18F2N2O3S. The first-order valence-electron chi connectivity index (χ1n) is 7.47. The van der Waals surface area contributed by atoms with E-state index in [1.54, 1.807) is 18.2 Å². The molecule has 5 nitrogen and oxygen atoms in total. The minimum absolute atomic E-state index is 0.255. The van der Waals surface area contributed by atoms with Crippen molar-refractivity contribution in [3.05, 3.63) is 59.7 Å². The number of amides is 1. The second-order valence-corrected chi connectivity index (χ2v) is 7.48. The molecule has 0 unspecified atom stereocenters. The van der Waals surface area contributed by atoms with E-state index in [1.165, 1.54) is 0 Å². The Kier molecular flexibility index (Phi) is 5.73. The van der Waals surface area contributed by atoms with E-state index in [4.69, 9.17) is 0 Å². The third-order valence-electron chi connectivity index (χ3n) is 3.43. The molecule has 0 saturated carbocycles. The summed E-state index contributed by atoms with van der Waals surface area (Å²) in [5, 5.41) is 2.62. The Bertz CT molecular complexity index is 865. The topological polar surface area (TPSA) is 66.5 Å². The summed E-state index contributed by atoms with van der Waals surface area (Å²) in [7, 11) is -3.96. The van der Waals surface area contributed by atoms with Gasteiger partial charge in [0.05, 0.1) is 6.26 Å². The van der Waals surface area contributed by atoms with E-state index >= 15 is 0 Å². The van der Waals surface area contributed by atoms with Gasteiger partial charge < -0.3 is 5.32 Å². The van der Waals surface area contributed by atoms with Crippen LogP contribution in [0.5, 0.6) is 0 Å². The van der Waals surface area contributed by atoms with E-state index in [9.17, 15) is 22.0 Å². The first-order chi connectivity index (χ1) is 11.7. The van der Waals surface area contributed by atoms with Gasteiger partial charge in [-0.1, -0.05) is 18.2 Å². The summed E-state index contributed by atoms with van der Waals surface area (Å²) >= 11 is 0. The van der Waals surface area contributed by atoms with E-state index in [1.807, 2.05) is 13.0 Å². The van der Waals surface area contributed by atoms with Crippen LogP contribution >= 0.6 is 0 Å². The lowest BCUT2D eigenvalue weighted by Gasteiger charge is -2.23. The van der Waals surface area contributed by atoms with Gasteiger partial charge in [-0.25, -0.2) is 17.2 Å². The largest absolute Gasteiger partial charge is 0.326 e. The number of rotatable bonds is 6. The number of carbonyl (C=O) groups excluding carboxylic acids is 1. The van der Waals surface area contributed by atoms with Crippen LogP contribution in [0.1, 0.15) is 12.0 Å². The number of anilines is 2. The second kappa shape index (κ2) is 7.60. The molecule has 2 aromatic rings. The molecule has 0 aliphatic rings. The zero-order chi connectivity index (χ0) is 18.6. The van der Waals surface area contributed by atoms with Crippen molar-refractivity contribution >= 4 is 27.3 Å². The van der Waals surface area contributed by atoms with Gasteiger partial charge in [0.1, 0.15) is 5.69 Å². The Morgan fingerprint density at radius 2 is 1.72 bits per heavy atom. The van der Waals surface area contributed by atoms with E-state index in [0.29, 0.717) is 9.99 Å². The molecule has 0 aliphatic heterocycles. The molecule has 1 N–H and O–H groups in total. The van der Waals surface area contributed by atoms with Crippen LogP contribution in [0.2, 0.25) is 0 Å². The van der Waals surface area contributed by atoms with Crippen LogP contribution < -0.4 is 9.62 Å². The molecule has 0 aromatic heterocycles. The van der Waals surface area contributed by atoms with Gasteiger partial charge >= 0.3 is 0 Å². The highest BCUT2D eigenvalue weighted by Crippen LogP contribution is 2.25. The minimum Gasteiger partial charge on any atom is -0.326 e. The Morgan fingerprint density at radius 1 is 1.12 bits per heavy atom. The van der Waals surface area contributed by atoms with Crippen molar-refractivity contribution in [2.45, 2.75) is 13.3 Å². The standard InChI is InChI=1S/C17H18F2N2O3S/c1-12-5-3-6-13(11-12)20-16(22)9-10-21(25(2,23)24)17-14(18)7-4-8-15(17)19/h3-8,11H,9-10H2,1-2H3,(H,20,22). The van der Waals surface area contributed by atoms with Crippen LogP contribution in [0.4, 0.5) is 20.2 Å². The van der Waals surface area contributed by atoms with Crippen molar-refractivity contribution in [1.82, 2.24) is 0 Å². The van der Waals surface area contributed by atoms with Gasteiger partial charge in [-0.05, 0) is 36.8 Å². The zero-order valence-electron chi connectivity index (χ0n) is 13.8. The maximum absolute atomic E-state index is 13.9. The Morgan fingerprint density at radius 3 is 2.28 bits per heavy atom. The van der Waals surface area contributed by atoms with Crippen molar-refractivity contribution in [2.24, 2.45) is 0 Å². The summed E-state index contributed by atoms with van der Waals surface area (Å²) in [6.07, 6.45) is 0.576. The predicted octanol–water partition coefficient (Wildman–Crippen LogP) is 3.07. The van der Waals surface area contributed by atoms with Gasteiger partial charge in [-0.15, -0.1) is 0 Å². The highest BCUT2D eigenvalue weighted by Gasteiger charge is 2.25. The van der Waals surface area contributed by atoms with Crippen molar-refractivity contribution in [3.8, 4) is 0 Å². The number of hydrogen-bond donors (Lipinski definition) is 1. The van der Waals surface area contributed by atoms with Crippen molar-refractivity contribution in [2.75, 3.05) is 22.4 Å². The zero-order valence-corrected chi connectivity index (χ0v) is 14.6. The van der Waals surface area contributed by atoms with Crippen LogP contribution in [0.15, 0.2) is 42.5 Å². The average Bonchev–Trinajstić information content (AvgIpc) is 2.48. The van der Waals surface area contributed by atoms with Gasteiger partial charge in [0, 0.05) is 18.7 Å². The fourth-order valence-electron chi connectivity index (χ4n) is 2.32. The third kappa shape index (κ3) is 4.99. The van der Waals surface area contributed by atoms with Crippen LogP contribution in [0.3, 0.4) is 0 Å². The van der Waals surface area contributed by atoms with Gasteiger partial charge in [-0.2, -0.15) is 0 Å². The molecule has 0 fully saturated rings. The third-order valence-corrected chi connectivity index (χ3v) is 4.60. The molecule has 0 spiro atoms.